The van der Waals surface area contributed by atoms with Gasteiger partial charge >= 0.3 is 0 Å². The summed E-state index contributed by atoms with van der Waals surface area (Å²) < 4.78 is 0. The third kappa shape index (κ3) is 2.96. The largest absolute Gasteiger partial charge is 0.359 e. The number of aryl methyl sites for hydroxylation is 2. The Kier molecular flexibility index (Phi) is 4.24. The third-order valence-electron chi connectivity index (χ3n) is 5.46. The molecule has 1 aliphatic carbocycles. The minimum Gasteiger partial charge on any atom is -0.359 e. The van der Waals surface area contributed by atoms with Crippen molar-refractivity contribution in [1.29, 1.82) is 0 Å². The first kappa shape index (κ1) is 15.3. The zero-order valence-electron chi connectivity index (χ0n) is 14.2. The van der Waals surface area contributed by atoms with Gasteiger partial charge in [0.05, 0.1) is 5.39 Å². The maximum atomic E-state index is 4.68. The van der Waals surface area contributed by atoms with E-state index in [-0.39, 0.29) is 0 Å². The van der Waals surface area contributed by atoms with Crippen LogP contribution in [0.25, 0.3) is 10.2 Å². The van der Waals surface area contributed by atoms with E-state index in [1.165, 1.54) is 61.8 Å². The van der Waals surface area contributed by atoms with Crippen molar-refractivity contribution in [2.24, 2.45) is 5.92 Å². The number of nitrogens with zero attached hydrogens (tertiary/aromatic N) is 4. The van der Waals surface area contributed by atoms with E-state index in [9.17, 15) is 0 Å². The Bertz CT molecular complexity index is 688. The lowest BCUT2D eigenvalue weighted by Crippen LogP contribution is -2.36. The number of fused-ring (bicyclic) bond motifs is 3. The van der Waals surface area contributed by atoms with Crippen LogP contribution in [0, 0.1) is 5.92 Å². The lowest BCUT2D eigenvalue weighted by molar-refractivity contribution is 0.222. The molecule has 4 nitrogen and oxygen atoms in total. The van der Waals surface area contributed by atoms with Gasteiger partial charge in [-0.1, -0.05) is 0 Å². The highest BCUT2D eigenvalue weighted by molar-refractivity contribution is 7.19. The van der Waals surface area contributed by atoms with E-state index in [2.05, 4.69) is 33.9 Å². The highest BCUT2D eigenvalue weighted by Crippen LogP contribution is 2.39. The molecule has 0 saturated carbocycles. The molecule has 0 radical (unpaired) electrons. The number of aromatic nitrogens is 2. The molecule has 3 heterocycles. The molecule has 4 rings (SSSR count). The molecule has 0 amide bonds. The fourth-order valence-electron chi connectivity index (χ4n) is 4.08. The van der Waals surface area contributed by atoms with E-state index in [0.717, 1.165) is 18.3 Å². The second kappa shape index (κ2) is 6.36. The molecule has 2 aromatic rings. The van der Waals surface area contributed by atoms with Crippen molar-refractivity contribution in [3.63, 3.8) is 0 Å². The number of anilines is 1. The molecule has 23 heavy (non-hydrogen) atoms. The summed E-state index contributed by atoms with van der Waals surface area (Å²) in [4.78, 5) is 16.8. The summed E-state index contributed by atoms with van der Waals surface area (Å²) in [5.41, 5.74) is 1.54. The van der Waals surface area contributed by atoms with Crippen LogP contribution in [-0.2, 0) is 12.8 Å². The van der Waals surface area contributed by atoms with E-state index in [1.54, 1.807) is 16.8 Å². The van der Waals surface area contributed by atoms with Crippen molar-refractivity contribution >= 4 is 27.4 Å². The Hall–Kier alpha value is -1.20. The summed E-state index contributed by atoms with van der Waals surface area (Å²) in [5, 5.41) is 1.35. The number of thiophene rings is 1. The highest BCUT2D eigenvalue weighted by Gasteiger charge is 2.23. The summed E-state index contributed by atoms with van der Waals surface area (Å²) in [6.45, 7) is 3.57. The molecule has 0 aromatic carbocycles. The second-order valence-electron chi connectivity index (χ2n) is 7.22. The van der Waals surface area contributed by atoms with E-state index >= 15 is 0 Å². The summed E-state index contributed by atoms with van der Waals surface area (Å²) in [5.74, 6) is 1.95. The first-order valence-corrected chi connectivity index (χ1v) is 9.69. The normalized spacial score (nSPS) is 19.9. The number of likely N-dealkylation sites (tertiary alicyclic amines) is 1. The maximum absolute atomic E-state index is 4.68. The monoisotopic (exact) mass is 330 g/mol. The molecular weight excluding hydrogens is 304 g/mol. The Morgan fingerprint density at radius 3 is 2.83 bits per heavy atom. The van der Waals surface area contributed by atoms with Crippen molar-refractivity contribution in [2.75, 3.05) is 38.6 Å². The lowest BCUT2D eigenvalue weighted by Gasteiger charge is -2.32. The summed E-state index contributed by atoms with van der Waals surface area (Å²) in [6.07, 6.45) is 9.44. The summed E-state index contributed by atoms with van der Waals surface area (Å²) >= 11 is 1.89. The van der Waals surface area contributed by atoms with Gasteiger partial charge in [0, 0.05) is 18.5 Å². The van der Waals surface area contributed by atoms with Crippen LogP contribution >= 0.6 is 11.3 Å². The van der Waals surface area contributed by atoms with Crippen molar-refractivity contribution in [2.45, 2.75) is 38.5 Å². The van der Waals surface area contributed by atoms with Crippen LogP contribution in [0.2, 0.25) is 0 Å². The smallest absolute Gasteiger partial charge is 0.140 e. The predicted molar refractivity (Wildman–Crippen MR) is 97.5 cm³/mol. The predicted octanol–water partition coefficient (Wildman–Crippen LogP) is 3.35. The molecule has 5 heteroatoms. The van der Waals surface area contributed by atoms with Gasteiger partial charge in [-0.25, -0.2) is 9.97 Å². The highest BCUT2D eigenvalue weighted by atomic mass is 32.1. The lowest BCUT2D eigenvalue weighted by atomic mass is 9.95. The first-order chi connectivity index (χ1) is 11.2. The van der Waals surface area contributed by atoms with Crippen molar-refractivity contribution < 1.29 is 0 Å². The van der Waals surface area contributed by atoms with Gasteiger partial charge in [0.15, 0.2) is 0 Å². The molecular formula is C18H26N4S. The Labute approximate surface area is 142 Å². The molecule has 1 saturated heterocycles. The average Bonchev–Trinajstić information content (AvgIpc) is 2.95. The van der Waals surface area contributed by atoms with Gasteiger partial charge in [0.2, 0.25) is 0 Å². The number of hydrogen-bond donors (Lipinski definition) is 0. The maximum Gasteiger partial charge on any atom is 0.140 e. The second-order valence-corrected chi connectivity index (χ2v) is 8.30. The van der Waals surface area contributed by atoms with Crippen LogP contribution in [0.4, 0.5) is 5.82 Å². The van der Waals surface area contributed by atoms with Crippen molar-refractivity contribution in [3.05, 3.63) is 16.8 Å². The van der Waals surface area contributed by atoms with Gasteiger partial charge in [-0.3, -0.25) is 0 Å². The van der Waals surface area contributed by atoms with Crippen LogP contribution in [0.3, 0.4) is 0 Å². The van der Waals surface area contributed by atoms with Gasteiger partial charge in [-0.15, -0.1) is 11.3 Å². The molecule has 2 aliphatic rings. The van der Waals surface area contributed by atoms with E-state index < -0.39 is 0 Å². The fraction of sp³-hybridized carbons (Fsp3) is 0.667. The van der Waals surface area contributed by atoms with Crippen molar-refractivity contribution in [1.82, 2.24) is 14.9 Å². The fourth-order valence-corrected chi connectivity index (χ4v) is 5.30. The van der Waals surface area contributed by atoms with Gasteiger partial charge in [-0.05, 0) is 70.1 Å². The standard InChI is InChI=1S/C18H26N4S/c1-21-9-7-13(8-10-21)11-22(2)17-16-14-5-3-4-6-15(14)23-18(16)20-12-19-17/h12-13H,3-11H2,1-2H3. The van der Waals surface area contributed by atoms with Gasteiger partial charge in [-0.2, -0.15) is 0 Å². The molecule has 2 aromatic heterocycles. The quantitative estimate of drug-likeness (QED) is 0.864. The Balaban J connectivity index is 1.61. The van der Waals surface area contributed by atoms with Crippen LogP contribution in [0.15, 0.2) is 6.33 Å². The van der Waals surface area contributed by atoms with Crippen LogP contribution < -0.4 is 4.90 Å². The van der Waals surface area contributed by atoms with Crippen LogP contribution in [0.1, 0.15) is 36.1 Å². The SMILES string of the molecule is CN1CCC(CN(C)c2ncnc3sc4c(c23)CCCC4)CC1. The number of hydrogen-bond acceptors (Lipinski definition) is 5. The number of rotatable bonds is 3. The Morgan fingerprint density at radius 2 is 2.00 bits per heavy atom. The van der Waals surface area contributed by atoms with Gasteiger partial charge in [0.1, 0.15) is 17.0 Å². The van der Waals surface area contributed by atoms with Crippen LogP contribution in [0.5, 0.6) is 0 Å². The van der Waals surface area contributed by atoms with E-state index in [4.69, 9.17) is 0 Å². The van der Waals surface area contributed by atoms with E-state index in [1.807, 2.05) is 11.3 Å². The minimum atomic E-state index is 0.788. The molecule has 1 fully saturated rings. The molecule has 1 aliphatic heterocycles. The molecule has 0 unspecified atom stereocenters. The summed E-state index contributed by atoms with van der Waals surface area (Å²) in [6, 6.07) is 0. The topological polar surface area (TPSA) is 32.3 Å². The minimum absolute atomic E-state index is 0.788. The summed E-state index contributed by atoms with van der Waals surface area (Å²) in [7, 11) is 4.44. The van der Waals surface area contributed by atoms with Crippen molar-refractivity contribution in [3.8, 4) is 0 Å². The first-order valence-electron chi connectivity index (χ1n) is 8.87. The van der Waals surface area contributed by atoms with Gasteiger partial charge in [0.25, 0.3) is 0 Å². The molecule has 124 valence electrons. The average molecular weight is 331 g/mol. The molecule has 0 atom stereocenters. The molecule has 0 bridgehead atoms. The zero-order valence-corrected chi connectivity index (χ0v) is 15.0. The molecule has 0 N–H and O–H groups in total. The molecule has 0 spiro atoms. The zero-order chi connectivity index (χ0) is 15.8. The Morgan fingerprint density at radius 1 is 1.22 bits per heavy atom. The third-order valence-corrected chi connectivity index (χ3v) is 6.66. The van der Waals surface area contributed by atoms with E-state index in [0.29, 0.717) is 0 Å². The van der Waals surface area contributed by atoms with Crippen LogP contribution in [-0.4, -0.2) is 48.6 Å². The number of piperidine rings is 1. The van der Waals surface area contributed by atoms with Gasteiger partial charge < -0.3 is 9.80 Å².